The van der Waals surface area contributed by atoms with Crippen molar-refractivity contribution in [3.05, 3.63) is 46.1 Å². The quantitative estimate of drug-likeness (QED) is 0.628. The van der Waals surface area contributed by atoms with E-state index in [0.29, 0.717) is 21.9 Å². The van der Waals surface area contributed by atoms with Crippen LogP contribution in [-0.4, -0.2) is 35.7 Å². The summed E-state index contributed by atoms with van der Waals surface area (Å²) < 4.78 is 7.34. The van der Waals surface area contributed by atoms with E-state index in [1.165, 1.54) is 11.3 Å². The molecule has 8 heteroatoms. The monoisotopic (exact) mass is 400 g/mol. The molecule has 3 aromatic rings. The average Bonchev–Trinajstić information content (AvgIpc) is 3.18. The molecule has 0 radical (unpaired) electrons. The molecule has 0 spiro atoms. The Balaban J connectivity index is 1.80. The maximum Gasteiger partial charge on any atom is 0.272 e. The lowest BCUT2D eigenvalue weighted by Crippen LogP contribution is -2.33. The van der Waals surface area contributed by atoms with Crippen molar-refractivity contribution in [2.24, 2.45) is 0 Å². The number of carbonyl (C=O) groups excluding carboxylic acids is 1. The Labute approximate surface area is 167 Å². The summed E-state index contributed by atoms with van der Waals surface area (Å²) in [4.78, 5) is 32.0. The molecule has 0 atom stereocenters. The fraction of sp³-hybridized carbons (Fsp3) is 0.350. The molecule has 0 aliphatic heterocycles. The van der Waals surface area contributed by atoms with Gasteiger partial charge in [-0.15, -0.1) is 11.3 Å². The molecule has 2 aromatic heterocycles. The number of ether oxygens (including phenoxy) is 1. The van der Waals surface area contributed by atoms with Crippen LogP contribution >= 0.6 is 11.3 Å². The molecule has 0 saturated heterocycles. The van der Waals surface area contributed by atoms with Crippen molar-refractivity contribution in [2.75, 3.05) is 30.4 Å². The summed E-state index contributed by atoms with van der Waals surface area (Å²) in [6.45, 7) is 5.78. The number of thiophene rings is 1. The number of hydrogen-bond acceptors (Lipinski definition) is 6. The summed E-state index contributed by atoms with van der Waals surface area (Å²) in [6, 6.07) is 8.99. The molecule has 0 aliphatic carbocycles. The molecule has 7 nitrogen and oxygen atoms in total. The van der Waals surface area contributed by atoms with Crippen LogP contribution < -0.4 is 20.5 Å². The van der Waals surface area contributed by atoms with Crippen LogP contribution in [0.25, 0.3) is 10.2 Å². The third kappa shape index (κ3) is 4.17. The highest BCUT2D eigenvalue weighted by Gasteiger charge is 2.17. The van der Waals surface area contributed by atoms with Gasteiger partial charge in [0.2, 0.25) is 11.9 Å². The van der Waals surface area contributed by atoms with Gasteiger partial charge in [-0.2, -0.15) is 0 Å². The van der Waals surface area contributed by atoms with Crippen molar-refractivity contribution in [1.29, 1.82) is 0 Å². The number of rotatable bonds is 8. The van der Waals surface area contributed by atoms with E-state index in [9.17, 15) is 9.59 Å². The van der Waals surface area contributed by atoms with Crippen molar-refractivity contribution in [1.82, 2.24) is 9.55 Å². The molecule has 0 aliphatic rings. The zero-order valence-electron chi connectivity index (χ0n) is 16.3. The van der Waals surface area contributed by atoms with Gasteiger partial charge in [0.25, 0.3) is 5.56 Å². The number of methoxy groups -OCH3 is 1. The summed E-state index contributed by atoms with van der Waals surface area (Å²) in [5, 5.41) is 4.72. The molecule has 0 unspecified atom stereocenters. The Bertz CT molecular complexity index is 1010. The molecular weight excluding hydrogens is 376 g/mol. The number of nitrogens with one attached hydrogen (secondary N) is 1. The van der Waals surface area contributed by atoms with E-state index < -0.39 is 0 Å². The van der Waals surface area contributed by atoms with Crippen LogP contribution in [0.15, 0.2) is 40.5 Å². The predicted octanol–water partition coefficient (Wildman–Crippen LogP) is 3.34. The Morgan fingerprint density at radius 2 is 1.93 bits per heavy atom. The first-order chi connectivity index (χ1) is 13.6. The van der Waals surface area contributed by atoms with Gasteiger partial charge in [-0.1, -0.05) is 0 Å². The van der Waals surface area contributed by atoms with Crippen LogP contribution in [0.2, 0.25) is 0 Å². The van der Waals surface area contributed by atoms with Crippen LogP contribution in [-0.2, 0) is 11.3 Å². The predicted molar refractivity (Wildman–Crippen MR) is 114 cm³/mol. The van der Waals surface area contributed by atoms with Gasteiger partial charge in [0, 0.05) is 31.7 Å². The van der Waals surface area contributed by atoms with Gasteiger partial charge >= 0.3 is 0 Å². The van der Waals surface area contributed by atoms with E-state index in [4.69, 9.17) is 4.74 Å². The van der Waals surface area contributed by atoms with E-state index in [-0.39, 0.29) is 24.4 Å². The normalized spacial score (nSPS) is 10.8. The maximum absolute atomic E-state index is 12.9. The Hall–Kier alpha value is -2.87. The van der Waals surface area contributed by atoms with Gasteiger partial charge in [0.05, 0.1) is 12.6 Å². The standard InChI is InChI=1S/C20H24N4O3S/c1-4-23(5-2)20-22-16-11-13-28-18(16)19(26)24(20)12-10-17(25)21-14-6-8-15(27-3)9-7-14/h6-9,11,13H,4-5,10,12H2,1-3H3,(H,21,25). The van der Waals surface area contributed by atoms with E-state index in [0.717, 1.165) is 18.8 Å². The molecule has 0 saturated carbocycles. The molecule has 28 heavy (non-hydrogen) atoms. The lowest BCUT2D eigenvalue weighted by molar-refractivity contribution is -0.116. The van der Waals surface area contributed by atoms with Gasteiger partial charge in [-0.25, -0.2) is 4.98 Å². The minimum atomic E-state index is -0.158. The fourth-order valence-electron chi connectivity index (χ4n) is 2.99. The number of aromatic nitrogens is 2. The van der Waals surface area contributed by atoms with Crippen LogP contribution in [0, 0.1) is 0 Å². The molecule has 0 fully saturated rings. The maximum atomic E-state index is 12.9. The molecule has 1 aromatic carbocycles. The van der Waals surface area contributed by atoms with E-state index in [1.807, 2.05) is 30.2 Å². The second kappa shape index (κ2) is 8.88. The Morgan fingerprint density at radius 3 is 2.57 bits per heavy atom. The van der Waals surface area contributed by atoms with E-state index >= 15 is 0 Å². The van der Waals surface area contributed by atoms with Crippen LogP contribution in [0.1, 0.15) is 20.3 Å². The van der Waals surface area contributed by atoms with Crippen LogP contribution in [0.3, 0.4) is 0 Å². The number of hydrogen-bond donors (Lipinski definition) is 1. The first-order valence-corrected chi connectivity index (χ1v) is 10.1. The SMILES string of the molecule is CCN(CC)c1nc2ccsc2c(=O)n1CCC(=O)Nc1ccc(OC)cc1. The van der Waals surface area contributed by atoms with Gasteiger partial charge < -0.3 is 15.0 Å². The third-order valence-electron chi connectivity index (χ3n) is 4.53. The van der Waals surface area contributed by atoms with E-state index in [2.05, 4.69) is 10.3 Å². The number of anilines is 2. The first-order valence-electron chi connectivity index (χ1n) is 9.24. The number of nitrogens with zero attached hydrogens (tertiary/aromatic N) is 3. The largest absolute Gasteiger partial charge is 0.497 e. The summed E-state index contributed by atoms with van der Waals surface area (Å²) in [5.74, 6) is 1.18. The molecule has 1 amide bonds. The summed E-state index contributed by atoms with van der Waals surface area (Å²) in [6.07, 6.45) is 0.179. The second-order valence-electron chi connectivity index (χ2n) is 6.20. The van der Waals surface area contributed by atoms with Crippen LogP contribution in [0.4, 0.5) is 11.6 Å². The summed E-state index contributed by atoms with van der Waals surface area (Å²) in [5.41, 5.74) is 1.30. The van der Waals surface area contributed by atoms with Crippen molar-refractivity contribution in [2.45, 2.75) is 26.8 Å². The summed E-state index contributed by atoms with van der Waals surface area (Å²) in [7, 11) is 1.59. The molecule has 2 heterocycles. The molecular formula is C20H24N4O3S. The second-order valence-corrected chi connectivity index (χ2v) is 7.12. The fourth-order valence-corrected chi connectivity index (χ4v) is 3.77. The molecule has 148 valence electrons. The Morgan fingerprint density at radius 1 is 1.21 bits per heavy atom. The number of carbonyl (C=O) groups is 1. The highest BCUT2D eigenvalue weighted by Crippen LogP contribution is 2.20. The van der Waals surface area contributed by atoms with Gasteiger partial charge in [0.15, 0.2) is 0 Å². The van der Waals surface area contributed by atoms with Gasteiger partial charge in [-0.05, 0) is 49.6 Å². The zero-order valence-corrected chi connectivity index (χ0v) is 17.1. The lowest BCUT2D eigenvalue weighted by Gasteiger charge is -2.23. The minimum Gasteiger partial charge on any atom is -0.497 e. The van der Waals surface area contributed by atoms with Gasteiger partial charge in [0.1, 0.15) is 10.4 Å². The third-order valence-corrected chi connectivity index (χ3v) is 5.42. The minimum absolute atomic E-state index is 0.0980. The van der Waals surface area contributed by atoms with Crippen molar-refractivity contribution >= 4 is 39.1 Å². The average molecular weight is 401 g/mol. The van der Waals surface area contributed by atoms with Crippen molar-refractivity contribution in [3.63, 3.8) is 0 Å². The highest BCUT2D eigenvalue weighted by molar-refractivity contribution is 7.17. The topological polar surface area (TPSA) is 76.5 Å². The van der Waals surface area contributed by atoms with Crippen LogP contribution in [0.5, 0.6) is 5.75 Å². The molecule has 1 N–H and O–H groups in total. The zero-order chi connectivity index (χ0) is 20.1. The number of benzene rings is 1. The molecule has 0 bridgehead atoms. The van der Waals surface area contributed by atoms with Crippen molar-refractivity contribution < 1.29 is 9.53 Å². The summed E-state index contributed by atoms with van der Waals surface area (Å²) >= 11 is 1.38. The highest BCUT2D eigenvalue weighted by atomic mass is 32.1. The van der Waals surface area contributed by atoms with Crippen molar-refractivity contribution in [3.8, 4) is 5.75 Å². The Kier molecular flexibility index (Phi) is 6.30. The number of amides is 1. The van der Waals surface area contributed by atoms with Gasteiger partial charge in [-0.3, -0.25) is 14.2 Å². The molecule has 3 rings (SSSR count). The lowest BCUT2D eigenvalue weighted by atomic mass is 10.3. The van der Waals surface area contributed by atoms with E-state index in [1.54, 1.807) is 35.9 Å². The first kappa shape index (κ1) is 19.9. The smallest absolute Gasteiger partial charge is 0.272 e. The number of fused-ring (bicyclic) bond motifs is 1.